The molecule has 0 radical (unpaired) electrons. The third kappa shape index (κ3) is 4.72. The van der Waals surface area contributed by atoms with Gasteiger partial charge in [-0.1, -0.05) is 30.3 Å². The van der Waals surface area contributed by atoms with Crippen molar-refractivity contribution in [1.29, 1.82) is 0 Å². The quantitative estimate of drug-likeness (QED) is 0.790. The van der Waals surface area contributed by atoms with Crippen molar-refractivity contribution in [3.63, 3.8) is 0 Å². The molecule has 0 spiro atoms. The van der Waals surface area contributed by atoms with E-state index in [4.69, 9.17) is 0 Å². The summed E-state index contributed by atoms with van der Waals surface area (Å²) in [4.78, 5) is 5.22. The van der Waals surface area contributed by atoms with E-state index in [-0.39, 0.29) is 11.5 Å². The van der Waals surface area contributed by atoms with E-state index in [0.717, 1.165) is 17.0 Å². The molecule has 0 fully saturated rings. The summed E-state index contributed by atoms with van der Waals surface area (Å²) in [6, 6.07) is 10.0. The molecule has 5 heteroatoms. The average molecular weight is 309 g/mol. The highest BCUT2D eigenvalue weighted by Gasteiger charge is 2.12. The van der Waals surface area contributed by atoms with Gasteiger partial charge in [-0.2, -0.15) is 0 Å². The standard InChI is InChI=1S/C15H19NO2S2/c1-13-15(19-12-16-13)9-11-20(17,18)10-5-8-14-6-3-2-4-7-14/h2-4,6-7,12H,5,8-11H2,1H3. The SMILES string of the molecule is Cc1ncsc1CCS(=O)(=O)CCCc1ccccc1. The molecule has 20 heavy (non-hydrogen) atoms. The lowest BCUT2D eigenvalue weighted by atomic mass is 10.1. The minimum Gasteiger partial charge on any atom is -0.250 e. The van der Waals surface area contributed by atoms with Crippen LogP contribution in [0.3, 0.4) is 0 Å². The Morgan fingerprint density at radius 2 is 1.85 bits per heavy atom. The van der Waals surface area contributed by atoms with E-state index in [1.165, 1.54) is 16.9 Å². The van der Waals surface area contributed by atoms with Crippen molar-refractivity contribution in [3.05, 3.63) is 52.0 Å². The number of nitrogens with zero attached hydrogens (tertiary/aromatic N) is 1. The highest BCUT2D eigenvalue weighted by atomic mass is 32.2. The van der Waals surface area contributed by atoms with E-state index in [1.54, 1.807) is 5.51 Å². The molecule has 1 heterocycles. The number of benzene rings is 1. The highest BCUT2D eigenvalue weighted by Crippen LogP contribution is 2.14. The van der Waals surface area contributed by atoms with Crippen LogP contribution in [-0.4, -0.2) is 24.9 Å². The molecule has 0 aliphatic rings. The summed E-state index contributed by atoms with van der Waals surface area (Å²) in [5.74, 6) is 0.491. The number of rotatable bonds is 7. The minimum atomic E-state index is -2.97. The first-order valence-electron chi connectivity index (χ1n) is 6.70. The molecule has 0 amide bonds. The Hall–Kier alpha value is -1.20. The second-order valence-corrected chi connectivity index (χ2v) is 8.09. The van der Waals surface area contributed by atoms with Crippen LogP contribution in [0, 0.1) is 6.92 Å². The smallest absolute Gasteiger partial charge is 0.150 e. The molecule has 1 aromatic carbocycles. The molecular weight excluding hydrogens is 290 g/mol. The number of aryl methyl sites for hydroxylation is 3. The van der Waals surface area contributed by atoms with Gasteiger partial charge in [-0.3, -0.25) is 0 Å². The minimum absolute atomic E-state index is 0.227. The Kier molecular flexibility index (Phi) is 5.31. The van der Waals surface area contributed by atoms with Gasteiger partial charge < -0.3 is 0 Å². The lowest BCUT2D eigenvalue weighted by Crippen LogP contribution is -2.13. The lowest BCUT2D eigenvalue weighted by Gasteiger charge is -2.04. The summed E-state index contributed by atoms with van der Waals surface area (Å²) in [7, 11) is -2.97. The normalized spacial score (nSPS) is 11.7. The molecular formula is C15H19NO2S2. The van der Waals surface area contributed by atoms with Crippen molar-refractivity contribution >= 4 is 21.2 Å². The molecule has 2 aromatic rings. The van der Waals surface area contributed by atoms with Crippen molar-refractivity contribution in [2.24, 2.45) is 0 Å². The van der Waals surface area contributed by atoms with E-state index >= 15 is 0 Å². The second-order valence-electron chi connectivity index (χ2n) is 4.85. The third-order valence-electron chi connectivity index (χ3n) is 3.25. The molecule has 3 nitrogen and oxygen atoms in total. The zero-order valence-corrected chi connectivity index (χ0v) is 13.2. The molecule has 0 aliphatic carbocycles. The van der Waals surface area contributed by atoms with Gasteiger partial charge in [-0.05, 0) is 31.7 Å². The Labute approximate surface area is 124 Å². The molecule has 2 rings (SSSR count). The maximum atomic E-state index is 12.0. The molecule has 0 bridgehead atoms. The van der Waals surface area contributed by atoms with E-state index < -0.39 is 9.84 Å². The monoisotopic (exact) mass is 309 g/mol. The number of aromatic nitrogens is 1. The van der Waals surface area contributed by atoms with Gasteiger partial charge in [0.15, 0.2) is 9.84 Å². The molecule has 0 saturated carbocycles. The maximum Gasteiger partial charge on any atom is 0.150 e. The average Bonchev–Trinajstić information content (AvgIpc) is 2.83. The highest BCUT2D eigenvalue weighted by molar-refractivity contribution is 7.91. The zero-order valence-electron chi connectivity index (χ0n) is 11.6. The van der Waals surface area contributed by atoms with E-state index in [0.29, 0.717) is 12.8 Å². The van der Waals surface area contributed by atoms with Gasteiger partial charge in [0.25, 0.3) is 0 Å². The molecule has 0 atom stereocenters. The first-order valence-corrected chi connectivity index (χ1v) is 9.40. The van der Waals surface area contributed by atoms with Gasteiger partial charge in [-0.15, -0.1) is 11.3 Å². The predicted octanol–water partition coefficient (Wildman–Crippen LogP) is 3.04. The lowest BCUT2D eigenvalue weighted by molar-refractivity contribution is 0.592. The van der Waals surface area contributed by atoms with Crippen LogP contribution in [0.5, 0.6) is 0 Å². The first kappa shape index (κ1) is 15.2. The van der Waals surface area contributed by atoms with Crippen molar-refractivity contribution in [3.8, 4) is 0 Å². The molecule has 1 aromatic heterocycles. The summed E-state index contributed by atoms with van der Waals surface area (Å²) in [5.41, 5.74) is 3.92. The van der Waals surface area contributed by atoms with Crippen LogP contribution in [0.1, 0.15) is 22.6 Å². The summed E-state index contributed by atoms with van der Waals surface area (Å²) in [6.45, 7) is 1.92. The van der Waals surface area contributed by atoms with Gasteiger partial charge in [0.1, 0.15) is 0 Å². The van der Waals surface area contributed by atoms with Crippen molar-refractivity contribution in [2.75, 3.05) is 11.5 Å². The van der Waals surface area contributed by atoms with Gasteiger partial charge >= 0.3 is 0 Å². The van der Waals surface area contributed by atoms with Gasteiger partial charge in [0, 0.05) is 4.88 Å². The zero-order chi connectivity index (χ0) is 14.4. The van der Waals surface area contributed by atoms with Gasteiger partial charge in [0.05, 0.1) is 22.7 Å². The maximum absolute atomic E-state index is 12.0. The van der Waals surface area contributed by atoms with Crippen LogP contribution in [0.25, 0.3) is 0 Å². The first-order chi connectivity index (χ1) is 9.57. The van der Waals surface area contributed by atoms with E-state index in [2.05, 4.69) is 4.98 Å². The van der Waals surface area contributed by atoms with Crippen molar-refractivity contribution in [1.82, 2.24) is 4.98 Å². The largest absolute Gasteiger partial charge is 0.250 e. The third-order valence-corrected chi connectivity index (χ3v) is 5.98. The Bertz CT molecular complexity index is 633. The predicted molar refractivity (Wildman–Crippen MR) is 84.0 cm³/mol. The summed E-state index contributed by atoms with van der Waals surface area (Å²) >= 11 is 1.54. The fraction of sp³-hybridized carbons (Fsp3) is 0.400. The second kappa shape index (κ2) is 6.99. The van der Waals surface area contributed by atoms with Crippen LogP contribution in [0.15, 0.2) is 35.8 Å². The molecule has 108 valence electrons. The number of sulfone groups is 1. The molecule has 0 N–H and O–H groups in total. The fourth-order valence-corrected chi connectivity index (χ4v) is 4.27. The number of hydrogen-bond donors (Lipinski definition) is 0. The number of hydrogen-bond acceptors (Lipinski definition) is 4. The van der Waals surface area contributed by atoms with Crippen molar-refractivity contribution < 1.29 is 8.42 Å². The number of thiazole rings is 1. The van der Waals surface area contributed by atoms with Crippen LogP contribution >= 0.6 is 11.3 Å². The van der Waals surface area contributed by atoms with Crippen LogP contribution in [-0.2, 0) is 22.7 Å². The molecule has 0 saturated heterocycles. The van der Waals surface area contributed by atoms with Crippen LogP contribution in [0.2, 0.25) is 0 Å². The summed E-state index contributed by atoms with van der Waals surface area (Å²) in [5, 5.41) is 0. The van der Waals surface area contributed by atoms with Crippen LogP contribution in [0.4, 0.5) is 0 Å². The Morgan fingerprint density at radius 1 is 1.10 bits per heavy atom. The molecule has 0 aliphatic heterocycles. The Morgan fingerprint density at radius 3 is 2.50 bits per heavy atom. The van der Waals surface area contributed by atoms with E-state index in [1.807, 2.05) is 37.3 Å². The Balaban J connectivity index is 1.78. The van der Waals surface area contributed by atoms with E-state index in [9.17, 15) is 8.42 Å². The molecule has 0 unspecified atom stereocenters. The van der Waals surface area contributed by atoms with Gasteiger partial charge in [-0.25, -0.2) is 13.4 Å². The topological polar surface area (TPSA) is 47.0 Å². The van der Waals surface area contributed by atoms with Crippen molar-refractivity contribution in [2.45, 2.75) is 26.2 Å². The van der Waals surface area contributed by atoms with Gasteiger partial charge in [0.2, 0.25) is 0 Å². The fourth-order valence-electron chi connectivity index (χ4n) is 2.06. The van der Waals surface area contributed by atoms with Crippen LogP contribution < -0.4 is 0 Å². The summed E-state index contributed by atoms with van der Waals surface area (Å²) in [6.07, 6.45) is 2.10. The summed E-state index contributed by atoms with van der Waals surface area (Å²) < 4.78 is 24.0.